The standard InChI is InChI=1S/C13H15BrN2O2S/c1-16-5-4-15-13(16)19-8-9-6-12(18-3)10(14)7-11(9)17-2/h4-7H,8H2,1-3H3. The smallest absolute Gasteiger partial charge is 0.167 e. The number of ether oxygens (including phenoxy) is 2. The minimum Gasteiger partial charge on any atom is -0.496 e. The summed E-state index contributed by atoms with van der Waals surface area (Å²) in [5.74, 6) is 2.42. The van der Waals surface area contributed by atoms with Crippen LogP contribution in [0.2, 0.25) is 0 Å². The lowest BCUT2D eigenvalue weighted by Gasteiger charge is -2.12. The summed E-state index contributed by atoms with van der Waals surface area (Å²) in [7, 11) is 5.31. The normalized spacial score (nSPS) is 10.5. The summed E-state index contributed by atoms with van der Waals surface area (Å²) >= 11 is 5.12. The highest BCUT2D eigenvalue weighted by atomic mass is 79.9. The average Bonchev–Trinajstić information content (AvgIpc) is 2.82. The van der Waals surface area contributed by atoms with Crippen LogP contribution in [0.3, 0.4) is 0 Å². The Labute approximate surface area is 125 Å². The van der Waals surface area contributed by atoms with Crippen molar-refractivity contribution in [2.45, 2.75) is 10.9 Å². The lowest BCUT2D eigenvalue weighted by atomic mass is 10.2. The van der Waals surface area contributed by atoms with Crippen LogP contribution in [0.25, 0.3) is 0 Å². The van der Waals surface area contributed by atoms with Crippen molar-refractivity contribution in [2.75, 3.05) is 14.2 Å². The summed E-state index contributed by atoms with van der Waals surface area (Å²) < 4.78 is 13.6. The molecule has 0 aliphatic rings. The number of hydrogen-bond acceptors (Lipinski definition) is 4. The van der Waals surface area contributed by atoms with E-state index < -0.39 is 0 Å². The molecule has 0 radical (unpaired) electrons. The Hall–Kier alpha value is -1.14. The zero-order valence-corrected chi connectivity index (χ0v) is 13.4. The lowest BCUT2D eigenvalue weighted by Crippen LogP contribution is -1.95. The van der Waals surface area contributed by atoms with E-state index in [0.29, 0.717) is 0 Å². The highest BCUT2D eigenvalue weighted by Crippen LogP contribution is 2.35. The predicted octanol–water partition coefficient (Wildman–Crippen LogP) is 3.49. The van der Waals surface area contributed by atoms with E-state index >= 15 is 0 Å². The number of aromatic nitrogens is 2. The van der Waals surface area contributed by atoms with Crippen molar-refractivity contribution < 1.29 is 9.47 Å². The van der Waals surface area contributed by atoms with E-state index in [1.54, 1.807) is 32.2 Å². The minimum absolute atomic E-state index is 0.775. The summed E-state index contributed by atoms with van der Waals surface area (Å²) in [6.45, 7) is 0. The number of benzene rings is 1. The van der Waals surface area contributed by atoms with Gasteiger partial charge in [-0.25, -0.2) is 4.98 Å². The van der Waals surface area contributed by atoms with Crippen LogP contribution in [-0.2, 0) is 12.8 Å². The van der Waals surface area contributed by atoms with Gasteiger partial charge >= 0.3 is 0 Å². The third-order valence-electron chi connectivity index (χ3n) is 2.69. The molecule has 6 heteroatoms. The number of hydrogen-bond donors (Lipinski definition) is 0. The Balaban J connectivity index is 2.21. The third-order valence-corrected chi connectivity index (χ3v) is 4.42. The average molecular weight is 343 g/mol. The molecule has 1 aromatic carbocycles. The summed E-state index contributed by atoms with van der Waals surface area (Å²) in [5, 5.41) is 0.976. The fourth-order valence-corrected chi connectivity index (χ4v) is 3.06. The van der Waals surface area contributed by atoms with Gasteiger partial charge < -0.3 is 14.0 Å². The molecule has 1 aromatic heterocycles. The Morgan fingerprint density at radius 2 is 2.00 bits per heavy atom. The zero-order chi connectivity index (χ0) is 13.8. The second-order valence-corrected chi connectivity index (χ2v) is 5.70. The quantitative estimate of drug-likeness (QED) is 0.779. The first kappa shape index (κ1) is 14.3. The highest BCUT2D eigenvalue weighted by molar-refractivity contribution is 9.10. The van der Waals surface area contributed by atoms with Crippen LogP contribution in [0.15, 0.2) is 34.2 Å². The van der Waals surface area contributed by atoms with E-state index in [4.69, 9.17) is 9.47 Å². The Bertz CT molecular complexity index is 572. The largest absolute Gasteiger partial charge is 0.496 e. The Kier molecular flexibility index (Phi) is 4.76. The van der Waals surface area contributed by atoms with Crippen LogP contribution in [0, 0.1) is 0 Å². The molecule has 2 aromatic rings. The number of thioether (sulfide) groups is 1. The molecule has 0 aliphatic heterocycles. The van der Waals surface area contributed by atoms with Gasteiger partial charge in [-0.1, -0.05) is 11.8 Å². The topological polar surface area (TPSA) is 36.3 Å². The van der Waals surface area contributed by atoms with Crippen LogP contribution < -0.4 is 9.47 Å². The van der Waals surface area contributed by atoms with Gasteiger partial charge in [0, 0.05) is 30.8 Å². The summed E-state index contributed by atoms with van der Waals surface area (Å²) in [4.78, 5) is 4.29. The van der Waals surface area contributed by atoms with Crippen LogP contribution in [-0.4, -0.2) is 23.8 Å². The van der Waals surface area contributed by atoms with Gasteiger partial charge in [-0.15, -0.1) is 0 Å². The third kappa shape index (κ3) is 3.25. The van der Waals surface area contributed by atoms with Crippen LogP contribution in [0.1, 0.15) is 5.56 Å². The molecule has 19 heavy (non-hydrogen) atoms. The number of imidazole rings is 1. The van der Waals surface area contributed by atoms with Gasteiger partial charge in [0.15, 0.2) is 5.16 Å². The molecule has 0 atom stereocenters. The molecule has 0 saturated heterocycles. The van der Waals surface area contributed by atoms with Gasteiger partial charge in [0.2, 0.25) is 0 Å². The molecule has 0 amide bonds. The Morgan fingerprint density at radius 3 is 2.58 bits per heavy atom. The van der Waals surface area contributed by atoms with Gasteiger partial charge in [0.1, 0.15) is 11.5 Å². The van der Waals surface area contributed by atoms with Crippen molar-refractivity contribution in [3.05, 3.63) is 34.6 Å². The van der Waals surface area contributed by atoms with Gasteiger partial charge in [-0.05, 0) is 28.1 Å². The van der Waals surface area contributed by atoms with Crippen molar-refractivity contribution >= 4 is 27.7 Å². The lowest BCUT2D eigenvalue weighted by molar-refractivity contribution is 0.398. The first-order valence-corrected chi connectivity index (χ1v) is 7.44. The maximum Gasteiger partial charge on any atom is 0.167 e. The van der Waals surface area contributed by atoms with E-state index in [1.165, 1.54) is 0 Å². The molecule has 0 fully saturated rings. The van der Waals surface area contributed by atoms with Crippen molar-refractivity contribution in [3.8, 4) is 11.5 Å². The van der Waals surface area contributed by atoms with Gasteiger partial charge in [0.25, 0.3) is 0 Å². The van der Waals surface area contributed by atoms with Crippen LogP contribution in [0.5, 0.6) is 11.5 Å². The maximum atomic E-state index is 5.40. The fraction of sp³-hybridized carbons (Fsp3) is 0.308. The van der Waals surface area contributed by atoms with Crippen LogP contribution in [0.4, 0.5) is 0 Å². The number of halogens is 1. The number of aryl methyl sites for hydroxylation is 1. The van der Waals surface area contributed by atoms with E-state index in [1.807, 2.05) is 29.9 Å². The maximum absolute atomic E-state index is 5.40. The first-order chi connectivity index (χ1) is 9.15. The molecule has 0 spiro atoms. The number of nitrogens with zero attached hydrogens (tertiary/aromatic N) is 2. The van der Waals surface area contributed by atoms with E-state index in [9.17, 15) is 0 Å². The van der Waals surface area contributed by atoms with Gasteiger partial charge in [-0.3, -0.25) is 0 Å². The highest BCUT2D eigenvalue weighted by Gasteiger charge is 2.11. The van der Waals surface area contributed by atoms with E-state index in [0.717, 1.165) is 32.4 Å². The van der Waals surface area contributed by atoms with E-state index in [-0.39, 0.29) is 0 Å². The molecule has 2 rings (SSSR count). The van der Waals surface area contributed by atoms with Crippen molar-refractivity contribution in [1.29, 1.82) is 0 Å². The molecule has 4 nitrogen and oxygen atoms in total. The molecule has 102 valence electrons. The van der Waals surface area contributed by atoms with Crippen molar-refractivity contribution in [1.82, 2.24) is 9.55 Å². The van der Waals surface area contributed by atoms with Gasteiger partial charge in [0.05, 0.1) is 18.7 Å². The molecule has 0 aliphatic carbocycles. The second-order valence-electron chi connectivity index (χ2n) is 3.91. The fourth-order valence-electron chi connectivity index (χ4n) is 1.67. The number of rotatable bonds is 5. The van der Waals surface area contributed by atoms with Crippen molar-refractivity contribution in [3.63, 3.8) is 0 Å². The summed E-state index contributed by atoms with van der Waals surface area (Å²) in [5.41, 5.74) is 1.08. The molecular formula is C13H15BrN2O2S. The predicted molar refractivity (Wildman–Crippen MR) is 80.0 cm³/mol. The second kappa shape index (κ2) is 6.34. The zero-order valence-electron chi connectivity index (χ0n) is 11.0. The Morgan fingerprint density at radius 1 is 1.26 bits per heavy atom. The molecular weight excluding hydrogens is 328 g/mol. The molecule has 0 unspecified atom stereocenters. The molecule has 0 saturated carbocycles. The van der Waals surface area contributed by atoms with Crippen molar-refractivity contribution in [2.24, 2.45) is 7.05 Å². The van der Waals surface area contributed by atoms with Crippen LogP contribution >= 0.6 is 27.7 Å². The molecule has 0 N–H and O–H groups in total. The van der Waals surface area contributed by atoms with Gasteiger partial charge in [-0.2, -0.15) is 0 Å². The summed E-state index contributed by atoms with van der Waals surface area (Å²) in [6, 6.07) is 3.91. The molecule has 0 bridgehead atoms. The molecule has 1 heterocycles. The number of methoxy groups -OCH3 is 2. The van der Waals surface area contributed by atoms with E-state index in [2.05, 4.69) is 20.9 Å². The monoisotopic (exact) mass is 342 g/mol. The SMILES string of the molecule is COc1cc(CSc2nccn2C)c(OC)cc1Br. The summed E-state index contributed by atoms with van der Waals surface area (Å²) in [6.07, 6.45) is 3.73. The first-order valence-electron chi connectivity index (χ1n) is 5.66. The minimum atomic E-state index is 0.775.